The molecule has 0 saturated carbocycles. The van der Waals surface area contributed by atoms with Gasteiger partial charge in [-0.15, -0.1) is 11.8 Å². The van der Waals surface area contributed by atoms with Crippen LogP contribution in [0, 0.1) is 17.8 Å². The lowest BCUT2D eigenvalue weighted by atomic mass is 9.66. The number of hydrogen-bond acceptors (Lipinski definition) is 6. The highest BCUT2D eigenvalue weighted by molar-refractivity contribution is 8.02. The fourth-order valence-electron chi connectivity index (χ4n) is 6.13. The van der Waals surface area contributed by atoms with Crippen LogP contribution in [0.5, 0.6) is 5.75 Å². The summed E-state index contributed by atoms with van der Waals surface area (Å²) in [5, 5.41) is 15.9. The van der Waals surface area contributed by atoms with Crippen molar-refractivity contribution in [3.8, 4) is 5.75 Å². The summed E-state index contributed by atoms with van der Waals surface area (Å²) in [6, 6.07) is 5.99. The molecular weight excluding hydrogens is 466 g/mol. The van der Waals surface area contributed by atoms with Gasteiger partial charge in [0, 0.05) is 17.5 Å². The molecule has 3 amide bonds. The molecule has 2 bridgehead atoms. The summed E-state index contributed by atoms with van der Waals surface area (Å²) < 4.78 is 4.80. The Morgan fingerprint density at radius 1 is 1.26 bits per heavy atom. The summed E-state index contributed by atoms with van der Waals surface area (Å²) >= 11 is 1.64. The van der Waals surface area contributed by atoms with Crippen molar-refractivity contribution in [2.24, 2.45) is 17.8 Å². The van der Waals surface area contributed by atoms with Crippen LogP contribution in [0.2, 0.25) is 0 Å². The number of nitrogens with zero attached hydrogens (tertiary/aromatic N) is 1. The average Bonchev–Trinajstić information content (AvgIpc) is 3.43. The second kappa shape index (κ2) is 10.4. The summed E-state index contributed by atoms with van der Waals surface area (Å²) in [7, 11) is 0. The number of amides is 3. The molecule has 1 aromatic carbocycles. The fraction of sp³-hybridized carbons (Fsp3) is 0.654. The maximum atomic E-state index is 13.9. The molecule has 3 fully saturated rings. The Labute approximate surface area is 211 Å². The van der Waals surface area contributed by atoms with Gasteiger partial charge in [0.05, 0.1) is 35.8 Å². The Hall–Kier alpha value is -2.26. The largest absolute Gasteiger partial charge is 0.494 e. The van der Waals surface area contributed by atoms with E-state index in [-0.39, 0.29) is 35.5 Å². The SMILES string of the molecule is CCCCNC(=O)C1N([C@H](C)CO)C(=O)[C@@H]2[C@@H](C(=O)Nc3ccc(OCC)cc3)[C@H]3CC(C)C12S3. The van der Waals surface area contributed by atoms with Crippen LogP contribution in [0.25, 0.3) is 0 Å². The first-order valence-corrected chi connectivity index (χ1v) is 13.6. The van der Waals surface area contributed by atoms with Crippen LogP contribution in [-0.2, 0) is 14.4 Å². The number of carbonyl (C=O) groups excluding carboxylic acids is 3. The molecule has 3 unspecified atom stereocenters. The molecule has 7 atom stereocenters. The molecule has 0 aliphatic carbocycles. The van der Waals surface area contributed by atoms with E-state index in [9.17, 15) is 19.5 Å². The third kappa shape index (κ3) is 4.31. The van der Waals surface area contributed by atoms with Gasteiger partial charge in [0.25, 0.3) is 0 Å². The lowest BCUT2D eigenvalue weighted by Crippen LogP contribution is -2.58. The highest BCUT2D eigenvalue weighted by atomic mass is 32.2. The number of anilines is 1. The number of rotatable bonds is 10. The van der Waals surface area contributed by atoms with Gasteiger partial charge in [-0.3, -0.25) is 14.4 Å². The summed E-state index contributed by atoms with van der Waals surface area (Å²) in [6.07, 6.45) is 2.59. The van der Waals surface area contributed by atoms with E-state index in [1.54, 1.807) is 47.9 Å². The molecule has 3 aliphatic rings. The van der Waals surface area contributed by atoms with Crippen LogP contribution in [0.4, 0.5) is 5.69 Å². The van der Waals surface area contributed by atoms with Crippen LogP contribution in [0.15, 0.2) is 24.3 Å². The van der Waals surface area contributed by atoms with E-state index in [1.807, 2.05) is 6.92 Å². The van der Waals surface area contributed by atoms with E-state index in [2.05, 4.69) is 24.5 Å². The highest BCUT2D eigenvalue weighted by Gasteiger charge is 2.76. The van der Waals surface area contributed by atoms with Crippen molar-refractivity contribution >= 4 is 35.2 Å². The highest BCUT2D eigenvalue weighted by Crippen LogP contribution is 2.68. The molecule has 35 heavy (non-hydrogen) atoms. The van der Waals surface area contributed by atoms with Crippen molar-refractivity contribution in [3.63, 3.8) is 0 Å². The van der Waals surface area contributed by atoms with Gasteiger partial charge in [-0.05, 0) is 56.9 Å². The predicted molar refractivity (Wildman–Crippen MR) is 136 cm³/mol. The second-order valence-electron chi connectivity index (χ2n) is 9.92. The molecule has 3 heterocycles. The lowest BCUT2D eigenvalue weighted by molar-refractivity contribution is -0.141. The molecule has 1 aromatic rings. The van der Waals surface area contributed by atoms with E-state index in [1.165, 1.54) is 0 Å². The molecule has 192 valence electrons. The van der Waals surface area contributed by atoms with Crippen molar-refractivity contribution in [1.82, 2.24) is 10.2 Å². The summed E-state index contributed by atoms with van der Waals surface area (Å²) in [5.74, 6) is -0.874. The standard InChI is InChI=1S/C26H37N3O5S/c1-5-7-12-27-24(32)22-26-15(3)13-19(35-26)20(21(26)25(33)29(22)16(4)14-30)23(31)28-17-8-10-18(11-9-17)34-6-2/h8-11,15-16,19-22,30H,5-7,12-14H2,1-4H3,(H,27,32)(H,28,31)/t15?,16-,19-,20+,21+,22?,26?/m1/s1. The minimum absolute atomic E-state index is 0.0285. The maximum absolute atomic E-state index is 13.9. The van der Waals surface area contributed by atoms with Gasteiger partial charge in [-0.1, -0.05) is 20.3 Å². The van der Waals surface area contributed by atoms with Gasteiger partial charge in [0.2, 0.25) is 17.7 Å². The number of carbonyl (C=O) groups is 3. The number of aliphatic hydroxyl groups is 1. The van der Waals surface area contributed by atoms with Crippen molar-refractivity contribution in [2.75, 3.05) is 25.1 Å². The topological polar surface area (TPSA) is 108 Å². The number of aliphatic hydroxyl groups excluding tert-OH is 1. The van der Waals surface area contributed by atoms with Crippen LogP contribution in [0.1, 0.15) is 47.0 Å². The van der Waals surface area contributed by atoms with Crippen molar-refractivity contribution in [3.05, 3.63) is 24.3 Å². The van der Waals surface area contributed by atoms with E-state index in [0.717, 1.165) is 25.0 Å². The monoisotopic (exact) mass is 503 g/mol. The van der Waals surface area contributed by atoms with Crippen molar-refractivity contribution < 1.29 is 24.2 Å². The summed E-state index contributed by atoms with van der Waals surface area (Å²) in [4.78, 5) is 42.5. The zero-order chi connectivity index (χ0) is 25.3. The van der Waals surface area contributed by atoms with Crippen molar-refractivity contribution in [1.29, 1.82) is 0 Å². The van der Waals surface area contributed by atoms with Gasteiger partial charge in [0.1, 0.15) is 11.8 Å². The van der Waals surface area contributed by atoms with Crippen LogP contribution < -0.4 is 15.4 Å². The first-order chi connectivity index (χ1) is 16.8. The lowest BCUT2D eigenvalue weighted by Gasteiger charge is -2.39. The van der Waals surface area contributed by atoms with E-state index >= 15 is 0 Å². The van der Waals surface area contributed by atoms with Gasteiger partial charge < -0.3 is 25.4 Å². The third-order valence-electron chi connectivity index (χ3n) is 7.74. The number of fused-ring (bicyclic) bond motifs is 1. The number of likely N-dealkylation sites (tertiary alicyclic amines) is 1. The molecule has 9 heteroatoms. The molecular formula is C26H37N3O5S. The first kappa shape index (κ1) is 25.8. The number of thioether (sulfide) groups is 1. The van der Waals surface area contributed by atoms with E-state index in [4.69, 9.17) is 4.74 Å². The van der Waals surface area contributed by atoms with Gasteiger partial charge in [-0.2, -0.15) is 0 Å². The van der Waals surface area contributed by atoms with Crippen molar-refractivity contribution in [2.45, 2.75) is 69.0 Å². The Kier molecular flexibility index (Phi) is 7.66. The summed E-state index contributed by atoms with van der Waals surface area (Å²) in [5.41, 5.74) is 0.646. The molecule has 3 saturated heterocycles. The van der Waals surface area contributed by atoms with Gasteiger partial charge >= 0.3 is 0 Å². The number of benzene rings is 1. The van der Waals surface area contributed by atoms with Crippen LogP contribution in [0.3, 0.4) is 0 Å². The first-order valence-electron chi connectivity index (χ1n) is 12.7. The number of ether oxygens (including phenoxy) is 1. The zero-order valence-corrected chi connectivity index (χ0v) is 21.8. The van der Waals surface area contributed by atoms with Gasteiger partial charge in [0.15, 0.2) is 0 Å². The van der Waals surface area contributed by atoms with Gasteiger partial charge in [-0.25, -0.2) is 0 Å². The van der Waals surface area contributed by atoms with E-state index < -0.39 is 28.7 Å². The predicted octanol–water partition coefficient (Wildman–Crippen LogP) is 2.66. The molecule has 4 rings (SSSR count). The molecule has 1 spiro atoms. The average molecular weight is 504 g/mol. The molecule has 3 N–H and O–H groups in total. The zero-order valence-electron chi connectivity index (χ0n) is 21.0. The summed E-state index contributed by atoms with van der Waals surface area (Å²) in [6.45, 7) is 8.70. The number of unbranched alkanes of at least 4 members (excludes halogenated alkanes) is 1. The Morgan fingerprint density at radius 3 is 2.60 bits per heavy atom. The maximum Gasteiger partial charge on any atom is 0.244 e. The smallest absolute Gasteiger partial charge is 0.244 e. The Balaban J connectivity index is 1.63. The van der Waals surface area contributed by atoms with E-state index in [0.29, 0.717) is 18.8 Å². The second-order valence-corrected chi connectivity index (χ2v) is 11.5. The molecule has 0 radical (unpaired) electrons. The Bertz CT molecular complexity index is 957. The molecule has 0 aromatic heterocycles. The minimum atomic E-state index is -0.702. The molecule has 3 aliphatic heterocycles. The van der Waals surface area contributed by atoms with Crippen LogP contribution in [-0.4, -0.2) is 69.6 Å². The Morgan fingerprint density at radius 2 is 1.97 bits per heavy atom. The normalized spacial score (nSPS) is 31.9. The number of nitrogens with one attached hydrogen (secondary N) is 2. The van der Waals surface area contributed by atoms with Crippen LogP contribution >= 0.6 is 11.8 Å². The number of hydrogen-bond donors (Lipinski definition) is 3. The quantitative estimate of drug-likeness (QED) is 0.424. The third-order valence-corrected chi connectivity index (χ3v) is 9.81. The molecule has 8 nitrogen and oxygen atoms in total. The fourth-order valence-corrected chi connectivity index (χ4v) is 8.54. The minimum Gasteiger partial charge on any atom is -0.494 e.